The summed E-state index contributed by atoms with van der Waals surface area (Å²) in [6.45, 7) is 2.32. The monoisotopic (exact) mass is 283 g/mol. The van der Waals surface area contributed by atoms with Gasteiger partial charge in [0.05, 0.1) is 5.92 Å². The van der Waals surface area contributed by atoms with Crippen LogP contribution in [0.15, 0.2) is 48.5 Å². The van der Waals surface area contributed by atoms with Gasteiger partial charge >= 0.3 is 5.97 Å². The number of aliphatic carboxylic acids is 1. The maximum Gasteiger partial charge on any atom is 0.310 e. The molecular weight excluding hydrogens is 266 g/mol. The van der Waals surface area contributed by atoms with Crippen LogP contribution >= 0.6 is 0 Å². The van der Waals surface area contributed by atoms with E-state index in [0.29, 0.717) is 6.54 Å². The zero-order valence-electron chi connectivity index (χ0n) is 11.7. The van der Waals surface area contributed by atoms with Crippen LogP contribution < -0.4 is 4.90 Å². The van der Waals surface area contributed by atoms with Gasteiger partial charge in [0.15, 0.2) is 6.23 Å². The zero-order chi connectivity index (χ0) is 15.0. The minimum Gasteiger partial charge on any atom is -0.481 e. The summed E-state index contributed by atoms with van der Waals surface area (Å²) in [5, 5.41) is 19.4. The highest BCUT2D eigenvalue weighted by atomic mass is 16.4. The minimum atomic E-state index is -0.837. The first-order chi connectivity index (χ1) is 10.1. The SMILES string of the molecule is CC(C(=O)O)c1ccc(N2Cc3ccccc3C2O)cc1. The second kappa shape index (κ2) is 5.22. The average Bonchev–Trinajstić information content (AvgIpc) is 2.84. The number of carboxylic acid groups (broad SMARTS) is 1. The molecule has 21 heavy (non-hydrogen) atoms. The lowest BCUT2D eigenvalue weighted by atomic mass is 10.0. The highest BCUT2D eigenvalue weighted by Crippen LogP contribution is 2.35. The fraction of sp³-hybridized carbons (Fsp3) is 0.235. The standard InChI is InChI=1S/C17H17NO3/c1-11(17(20)21)12-6-8-14(9-7-12)18-10-13-4-2-3-5-15(13)16(18)19/h2-9,11,16,19H,10H2,1H3,(H,20,21). The van der Waals surface area contributed by atoms with Gasteiger partial charge in [-0.15, -0.1) is 0 Å². The van der Waals surface area contributed by atoms with Crippen LogP contribution in [0, 0.1) is 0 Å². The van der Waals surface area contributed by atoms with Crippen molar-refractivity contribution in [3.63, 3.8) is 0 Å². The number of anilines is 1. The van der Waals surface area contributed by atoms with E-state index in [-0.39, 0.29) is 0 Å². The van der Waals surface area contributed by atoms with Crippen molar-refractivity contribution in [2.45, 2.75) is 25.6 Å². The lowest BCUT2D eigenvalue weighted by Gasteiger charge is -2.23. The second-order valence-electron chi connectivity index (χ2n) is 5.35. The first-order valence-corrected chi connectivity index (χ1v) is 6.93. The summed E-state index contributed by atoms with van der Waals surface area (Å²) in [5.74, 6) is -1.36. The first kappa shape index (κ1) is 13.6. The summed E-state index contributed by atoms with van der Waals surface area (Å²) in [7, 11) is 0. The molecule has 0 aliphatic carbocycles. The quantitative estimate of drug-likeness (QED) is 0.909. The third-order valence-corrected chi connectivity index (χ3v) is 4.06. The molecule has 0 saturated carbocycles. The van der Waals surface area contributed by atoms with Gasteiger partial charge < -0.3 is 15.1 Å². The lowest BCUT2D eigenvalue weighted by molar-refractivity contribution is -0.138. The Balaban J connectivity index is 1.85. The molecule has 0 bridgehead atoms. The summed E-state index contributed by atoms with van der Waals surface area (Å²) >= 11 is 0. The van der Waals surface area contributed by atoms with Gasteiger partial charge in [0.25, 0.3) is 0 Å². The molecule has 2 aromatic rings. The largest absolute Gasteiger partial charge is 0.481 e. The van der Waals surface area contributed by atoms with Crippen molar-refractivity contribution < 1.29 is 15.0 Å². The molecule has 0 fully saturated rings. The number of benzene rings is 2. The number of hydrogen-bond acceptors (Lipinski definition) is 3. The number of carbonyl (C=O) groups is 1. The van der Waals surface area contributed by atoms with Crippen LogP contribution in [-0.2, 0) is 11.3 Å². The molecule has 0 saturated heterocycles. The highest BCUT2D eigenvalue weighted by molar-refractivity contribution is 5.75. The Morgan fingerprint density at radius 2 is 1.86 bits per heavy atom. The van der Waals surface area contributed by atoms with Crippen molar-refractivity contribution in [2.24, 2.45) is 0 Å². The maximum absolute atomic E-state index is 11.0. The van der Waals surface area contributed by atoms with Crippen LogP contribution in [0.2, 0.25) is 0 Å². The van der Waals surface area contributed by atoms with E-state index in [0.717, 1.165) is 22.4 Å². The lowest BCUT2D eigenvalue weighted by Crippen LogP contribution is -2.20. The van der Waals surface area contributed by atoms with Gasteiger partial charge in [-0.3, -0.25) is 4.79 Å². The van der Waals surface area contributed by atoms with Crippen LogP contribution in [0.3, 0.4) is 0 Å². The van der Waals surface area contributed by atoms with E-state index in [9.17, 15) is 9.90 Å². The topological polar surface area (TPSA) is 60.8 Å². The van der Waals surface area contributed by atoms with E-state index in [2.05, 4.69) is 0 Å². The first-order valence-electron chi connectivity index (χ1n) is 6.93. The molecule has 0 spiro atoms. The summed E-state index contributed by atoms with van der Waals surface area (Å²) in [5.41, 5.74) is 3.70. The normalized spacial score (nSPS) is 18.4. The Hall–Kier alpha value is -2.33. The van der Waals surface area contributed by atoms with Gasteiger partial charge in [-0.2, -0.15) is 0 Å². The van der Waals surface area contributed by atoms with Gasteiger partial charge in [-0.05, 0) is 30.2 Å². The molecule has 3 rings (SSSR count). The summed E-state index contributed by atoms with van der Waals surface area (Å²) < 4.78 is 0. The van der Waals surface area contributed by atoms with Crippen LogP contribution in [0.25, 0.3) is 0 Å². The fourth-order valence-electron chi connectivity index (χ4n) is 2.70. The summed E-state index contributed by atoms with van der Waals surface area (Å²) in [6, 6.07) is 15.2. The molecule has 0 amide bonds. The van der Waals surface area contributed by atoms with E-state index in [4.69, 9.17) is 5.11 Å². The molecule has 2 unspecified atom stereocenters. The molecule has 2 aromatic carbocycles. The summed E-state index contributed by atoms with van der Waals surface area (Å²) in [4.78, 5) is 12.9. The molecule has 1 aliphatic rings. The number of carboxylic acids is 1. The van der Waals surface area contributed by atoms with Gasteiger partial charge in [0.1, 0.15) is 0 Å². The minimum absolute atomic E-state index is 0.528. The predicted octanol–water partition coefficient (Wildman–Crippen LogP) is 2.89. The van der Waals surface area contributed by atoms with Crippen LogP contribution in [-0.4, -0.2) is 16.2 Å². The zero-order valence-corrected chi connectivity index (χ0v) is 11.7. The van der Waals surface area contributed by atoms with E-state index in [1.807, 2.05) is 53.4 Å². The van der Waals surface area contributed by atoms with Crippen LogP contribution in [0.1, 0.15) is 35.8 Å². The van der Waals surface area contributed by atoms with Crippen molar-refractivity contribution in [3.05, 3.63) is 65.2 Å². The molecule has 1 heterocycles. The van der Waals surface area contributed by atoms with Crippen molar-refractivity contribution in [1.82, 2.24) is 0 Å². The summed E-state index contributed by atoms with van der Waals surface area (Å²) in [6.07, 6.45) is -0.649. The number of rotatable bonds is 3. The number of nitrogens with zero attached hydrogens (tertiary/aromatic N) is 1. The number of aliphatic hydroxyl groups is 1. The second-order valence-corrected chi connectivity index (χ2v) is 5.35. The van der Waals surface area contributed by atoms with Gasteiger partial charge in [0, 0.05) is 17.8 Å². The van der Waals surface area contributed by atoms with Crippen molar-refractivity contribution in [1.29, 1.82) is 0 Å². The molecule has 2 atom stereocenters. The molecule has 1 aliphatic heterocycles. The maximum atomic E-state index is 11.0. The fourth-order valence-corrected chi connectivity index (χ4v) is 2.70. The Bertz CT molecular complexity index is 666. The molecule has 4 heteroatoms. The van der Waals surface area contributed by atoms with E-state index < -0.39 is 18.1 Å². The molecule has 0 radical (unpaired) electrons. The molecule has 2 N–H and O–H groups in total. The molecular formula is C17H17NO3. The van der Waals surface area contributed by atoms with Crippen molar-refractivity contribution in [3.8, 4) is 0 Å². The van der Waals surface area contributed by atoms with Gasteiger partial charge in [0.2, 0.25) is 0 Å². The Morgan fingerprint density at radius 3 is 2.48 bits per heavy atom. The highest BCUT2D eigenvalue weighted by Gasteiger charge is 2.28. The number of aliphatic hydroxyl groups excluding tert-OH is 1. The van der Waals surface area contributed by atoms with E-state index >= 15 is 0 Å². The van der Waals surface area contributed by atoms with Crippen molar-refractivity contribution in [2.75, 3.05) is 4.90 Å². The Morgan fingerprint density at radius 1 is 1.19 bits per heavy atom. The van der Waals surface area contributed by atoms with E-state index in [1.165, 1.54) is 0 Å². The van der Waals surface area contributed by atoms with E-state index in [1.54, 1.807) is 6.92 Å². The number of fused-ring (bicyclic) bond motifs is 1. The number of hydrogen-bond donors (Lipinski definition) is 2. The predicted molar refractivity (Wildman–Crippen MR) is 80.1 cm³/mol. The Kier molecular flexibility index (Phi) is 3.39. The van der Waals surface area contributed by atoms with Crippen LogP contribution in [0.4, 0.5) is 5.69 Å². The molecule has 4 nitrogen and oxygen atoms in total. The third-order valence-electron chi connectivity index (χ3n) is 4.06. The smallest absolute Gasteiger partial charge is 0.310 e. The molecule has 108 valence electrons. The Labute approximate surface area is 123 Å². The average molecular weight is 283 g/mol. The van der Waals surface area contributed by atoms with Crippen molar-refractivity contribution >= 4 is 11.7 Å². The van der Waals surface area contributed by atoms with Gasteiger partial charge in [-0.25, -0.2) is 0 Å². The third kappa shape index (κ3) is 2.38. The van der Waals surface area contributed by atoms with Gasteiger partial charge in [-0.1, -0.05) is 36.4 Å². The van der Waals surface area contributed by atoms with Crippen LogP contribution in [0.5, 0.6) is 0 Å². The molecule has 0 aromatic heterocycles.